The predicted octanol–water partition coefficient (Wildman–Crippen LogP) is 2.96. The number of aromatic nitrogens is 2. The maximum absolute atomic E-state index is 13.5. The van der Waals surface area contributed by atoms with Crippen LogP contribution in [-0.4, -0.2) is 15.6 Å². The van der Waals surface area contributed by atoms with E-state index < -0.39 is 5.82 Å². The number of Topliss-reactive ketones (excluding diaryl/α,β-unsaturated/α-hetero) is 1. The number of hydrogen-bond acceptors (Lipinski definition) is 2. The molecule has 1 aromatic heterocycles. The van der Waals surface area contributed by atoms with E-state index in [2.05, 4.69) is 5.10 Å². The molecule has 0 spiro atoms. The topological polar surface area (TPSA) is 34.9 Å². The summed E-state index contributed by atoms with van der Waals surface area (Å²) in [5, 5.41) is 4.33. The number of hydrogen-bond donors (Lipinski definition) is 0. The highest BCUT2D eigenvalue weighted by Gasteiger charge is 2.12. The third-order valence-electron chi connectivity index (χ3n) is 2.89. The van der Waals surface area contributed by atoms with Crippen molar-refractivity contribution in [1.82, 2.24) is 9.78 Å². The molecule has 0 aliphatic heterocycles. The zero-order chi connectivity index (χ0) is 13.8. The van der Waals surface area contributed by atoms with Gasteiger partial charge in [-0.25, -0.2) is 4.39 Å². The molecule has 0 amide bonds. The van der Waals surface area contributed by atoms with E-state index in [1.165, 1.54) is 12.1 Å². The van der Waals surface area contributed by atoms with Crippen LogP contribution in [-0.2, 0) is 24.7 Å². The van der Waals surface area contributed by atoms with Crippen molar-refractivity contribution in [3.05, 3.63) is 52.6 Å². The minimum atomic E-state index is -0.428. The number of carbonyl (C=O) groups excluding carboxylic acids is 1. The lowest BCUT2D eigenvalue weighted by molar-refractivity contribution is -0.118. The fraction of sp³-hybridized carbons (Fsp3) is 0.286. The van der Waals surface area contributed by atoms with Gasteiger partial charge in [-0.3, -0.25) is 9.48 Å². The van der Waals surface area contributed by atoms with Crippen molar-refractivity contribution in [3.63, 3.8) is 0 Å². The summed E-state index contributed by atoms with van der Waals surface area (Å²) in [6, 6.07) is 4.44. The Labute approximate surface area is 116 Å². The molecule has 5 heteroatoms. The number of aryl methyl sites for hydroxylation is 2. The summed E-state index contributed by atoms with van der Waals surface area (Å²) in [5.74, 6) is -0.460. The van der Waals surface area contributed by atoms with Crippen LogP contribution in [0.3, 0.4) is 0 Å². The van der Waals surface area contributed by atoms with E-state index >= 15 is 0 Å². The Morgan fingerprint density at radius 2 is 2.26 bits per heavy atom. The SMILES string of the molecule is Cn1cc(CCC(=O)Cc2c(F)cccc2Cl)cn1. The highest BCUT2D eigenvalue weighted by molar-refractivity contribution is 6.31. The molecule has 0 saturated carbocycles. The largest absolute Gasteiger partial charge is 0.299 e. The Morgan fingerprint density at radius 3 is 2.89 bits per heavy atom. The highest BCUT2D eigenvalue weighted by atomic mass is 35.5. The Balaban J connectivity index is 1.94. The molecule has 100 valence electrons. The summed E-state index contributed by atoms with van der Waals surface area (Å²) >= 11 is 5.89. The lowest BCUT2D eigenvalue weighted by Gasteiger charge is -2.04. The average molecular weight is 281 g/mol. The van der Waals surface area contributed by atoms with Crippen LogP contribution in [0.2, 0.25) is 5.02 Å². The van der Waals surface area contributed by atoms with Crippen LogP contribution in [0, 0.1) is 5.82 Å². The van der Waals surface area contributed by atoms with Gasteiger partial charge in [0.25, 0.3) is 0 Å². The predicted molar refractivity (Wildman–Crippen MR) is 71.7 cm³/mol. The van der Waals surface area contributed by atoms with Crippen molar-refractivity contribution in [2.24, 2.45) is 7.05 Å². The summed E-state index contributed by atoms with van der Waals surface area (Å²) in [6.07, 6.45) is 4.59. The second-order valence-corrected chi connectivity index (χ2v) is 4.85. The van der Waals surface area contributed by atoms with Crippen molar-refractivity contribution in [3.8, 4) is 0 Å². The van der Waals surface area contributed by atoms with Gasteiger partial charge in [0.05, 0.1) is 6.20 Å². The molecule has 0 atom stereocenters. The summed E-state index contributed by atoms with van der Waals surface area (Å²) in [5.41, 5.74) is 1.27. The van der Waals surface area contributed by atoms with Crippen molar-refractivity contribution in [2.45, 2.75) is 19.3 Å². The molecule has 3 nitrogen and oxygen atoms in total. The molecule has 0 N–H and O–H groups in total. The molecule has 19 heavy (non-hydrogen) atoms. The van der Waals surface area contributed by atoms with Gasteiger partial charge in [0.2, 0.25) is 0 Å². The van der Waals surface area contributed by atoms with Crippen LogP contribution in [0.5, 0.6) is 0 Å². The molecule has 2 rings (SSSR count). The first-order chi connectivity index (χ1) is 9.06. The molecule has 2 aromatic rings. The van der Waals surface area contributed by atoms with Gasteiger partial charge in [0.1, 0.15) is 11.6 Å². The van der Waals surface area contributed by atoms with Crippen LogP contribution in [0.25, 0.3) is 0 Å². The first-order valence-corrected chi connectivity index (χ1v) is 6.36. The van der Waals surface area contributed by atoms with Gasteiger partial charge >= 0.3 is 0 Å². The van der Waals surface area contributed by atoms with Crippen molar-refractivity contribution >= 4 is 17.4 Å². The van der Waals surface area contributed by atoms with Crippen molar-refractivity contribution in [1.29, 1.82) is 0 Å². The summed E-state index contributed by atoms with van der Waals surface area (Å²) in [4.78, 5) is 11.8. The van der Waals surface area contributed by atoms with Crippen LogP contribution >= 0.6 is 11.6 Å². The van der Waals surface area contributed by atoms with Crippen LogP contribution in [0.15, 0.2) is 30.6 Å². The summed E-state index contributed by atoms with van der Waals surface area (Å²) in [7, 11) is 1.82. The zero-order valence-electron chi connectivity index (χ0n) is 10.6. The van der Waals surface area contributed by atoms with Crippen LogP contribution < -0.4 is 0 Å². The van der Waals surface area contributed by atoms with Crippen LogP contribution in [0.1, 0.15) is 17.5 Å². The number of nitrogens with zero attached hydrogens (tertiary/aromatic N) is 2. The van der Waals surface area contributed by atoms with Crippen molar-refractivity contribution in [2.75, 3.05) is 0 Å². The second kappa shape index (κ2) is 5.97. The van der Waals surface area contributed by atoms with Crippen LogP contribution in [0.4, 0.5) is 4.39 Å². The van der Waals surface area contributed by atoms with E-state index in [1.807, 2.05) is 13.2 Å². The molecule has 0 radical (unpaired) electrons. The third-order valence-corrected chi connectivity index (χ3v) is 3.24. The number of halogens is 2. The molecule has 0 fully saturated rings. The van der Waals surface area contributed by atoms with Gasteiger partial charge in [-0.2, -0.15) is 5.10 Å². The molecule has 0 aliphatic rings. The van der Waals surface area contributed by atoms with Gasteiger partial charge < -0.3 is 0 Å². The van der Waals surface area contributed by atoms with E-state index in [0.717, 1.165) is 5.56 Å². The fourth-order valence-corrected chi connectivity index (χ4v) is 2.10. The quantitative estimate of drug-likeness (QED) is 0.844. The van der Waals surface area contributed by atoms with E-state index in [1.54, 1.807) is 16.9 Å². The standard InChI is InChI=1S/C14H14ClFN2O/c1-18-9-10(8-17-18)5-6-11(19)7-12-13(15)3-2-4-14(12)16/h2-4,8-9H,5-7H2,1H3. The van der Waals surface area contributed by atoms with E-state index in [-0.39, 0.29) is 17.8 Å². The second-order valence-electron chi connectivity index (χ2n) is 4.44. The molecule has 0 saturated heterocycles. The summed E-state index contributed by atoms with van der Waals surface area (Å²) < 4.78 is 15.2. The molecule has 1 heterocycles. The first-order valence-electron chi connectivity index (χ1n) is 5.98. The highest BCUT2D eigenvalue weighted by Crippen LogP contribution is 2.20. The first kappa shape index (κ1) is 13.7. The maximum atomic E-state index is 13.5. The van der Waals surface area contributed by atoms with E-state index in [9.17, 15) is 9.18 Å². The van der Waals surface area contributed by atoms with Gasteiger partial charge in [-0.05, 0) is 24.1 Å². The molecular weight excluding hydrogens is 267 g/mol. The Morgan fingerprint density at radius 1 is 1.47 bits per heavy atom. The Hall–Kier alpha value is -1.68. The number of carbonyl (C=O) groups is 1. The fourth-order valence-electron chi connectivity index (χ4n) is 1.87. The lowest BCUT2D eigenvalue weighted by Crippen LogP contribution is -2.06. The van der Waals surface area contributed by atoms with Gasteiger partial charge in [0, 0.05) is 36.7 Å². The minimum Gasteiger partial charge on any atom is -0.299 e. The third kappa shape index (κ3) is 3.64. The lowest BCUT2D eigenvalue weighted by atomic mass is 10.0. The monoisotopic (exact) mass is 280 g/mol. The normalized spacial score (nSPS) is 10.7. The van der Waals surface area contributed by atoms with Crippen molar-refractivity contribution < 1.29 is 9.18 Å². The van der Waals surface area contributed by atoms with E-state index in [0.29, 0.717) is 17.9 Å². The zero-order valence-corrected chi connectivity index (χ0v) is 11.3. The maximum Gasteiger partial charge on any atom is 0.137 e. The summed E-state index contributed by atoms with van der Waals surface area (Å²) in [6.45, 7) is 0. The van der Waals surface area contributed by atoms with Gasteiger partial charge in [-0.1, -0.05) is 17.7 Å². The number of rotatable bonds is 5. The molecule has 0 aliphatic carbocycles. The molecule has 1 aromatic carbocycles. The average Bonchev–Trinajstić information content (AvgIpc) is 2.77. The smallest absolute Gasteiger partial charge is 0.137 e. The minimum absolute atomic E-state index is 0.0316. The number of benzene rings is 1. The Kier molecular flexibility index (Phi) is 4.32. The van der Waals surface area contributed by atoms with E-state index in [4.69, 9.17) is 11.6 Å². The number of ketones is 1. The van der Waals surface area contributed by atoms with Gasteiger partial charge in [-0.15, -0.1) is 0 Å². The molecule has 0 bridgehead atoms. The molecule has 0 unspecified atom stereocenters. The molecular formula is C14H14ClFN2O. The van der Waals surface area contributed by atoms with Gasteiger partial charge in [0.15, 0.2) is 0 Å². The Bertz CT molecular complexity index is 575.